The van der Waals surface area contributed by atoms with Crippen molar-refractivity contribution in [3.8, 4) is 0 Å². The van der Waals surface area contributed by atoms with Gasteiger partial charge in [0.25, 0.3) is 5.91 Å². The van der Waals surface area contributed by atoms with Crippen molar-refractivity contribution < 1.29 is 18.4 Å². The highest BCUT2D eigenvalue weighted by molar-refractivity contribution is 5.97. The fourth-order valence-corrected chi connectivity index (χ4v) is 3.26. The van der Waals surface area contributed by atoms with Crippen molar-refractivity contribution in [2.24, 2.45) is 5.92 Å². The molecule has 4 nitrogen and oxygen atoms in total. The number of hydrogen-bond acceptors (Lipinski definition) is 2. The minimum absolute atomic E-state index is 0.0173. The lowest BCUT2D eigenvalue weighted by Crippen LogP contribution is -2.52. The Morgan fingerprint density at radius 3 is 2.41 bits per heavy atom. The van der Waals surface area contributed by atoms with E-state index in [2.05, 4.69) is 11.4 Å². The highest BCUT2D eigenvalue weighted by Crippen LogP contribution is 2.20. The summed E-state index contributed by atoms with van der Waals surface area (Å²) in [7, 11) is 0. The lowest BCUT2D eigenvalue weighted by molar-refractivity contribution is -0.135. The van der Waals surface area contributed by atoms with Crippen molar-refractivity contribution in [3.05, 3.63) is 70.8 Å². The molecule has 0 aromatic heterocycles. The lowest BCUT2D eigenvalue weighted by Gasteiger charge is -2.33. The minimum atomic E-state index is -1.09. The second kappa shape index (κ2) is 7.86. The molecule has 0 spiro atoms. The molecule has 27 heavy (non-hydrogen) atoms. The highest BCUT2D eigenvalue weighted by atomic mass is 19.2. The Labute approximate surface area is 157 Å². The van der Waals surface area contributed by atoms with Gasteiger partial charge in [-0.1, -0.05) is 38.1 Å². The molecular weight excluding hydrogens is 350 g/mol. The first-order valence-electron chi connectivity index (χ1n) is 8.98. The molecule has 0 fully saturated rings. The van der Waals surface area contributed by atoms with E-state index in [0.717, 1.165) is 24.1 Å². The quantitative estimate of drug-likeness (QED) is 0.895. The molecule has 1 aliphatic heterocycles. The number of amides is 2. The average molecular weight is 372 g/mol. The van der Waals surface area contributed by atoms with Gasteiger partial charge in [-0.2, -0.15) is 0 Å². The van der Waals surface area contributed by atoms with Crippen LogP contribution in [-0.2, 0) is 17.8 Å². The lowest BCUT2D eigenvalue weighted by atomic mass is 9.97. The molecule has 142 valence electrons. The average Bonchev–Trinajstić information content (AvgIpc) is 2.66. The molecule has 6 heteroatoms. The summed E-state index contributed by atoms with van der Waals surface area (Å²) in [6.45, 7) is 4.76. The van der Waals surface area contributed by atoms with Gasteiger partial charge in [-0.05, 0) is 41.7 Å². The smallest absolute Gasteiger partial charge is 0.252 e. The molecule has 0 radical (unpaired) electrons. The van der Waals surface area contributed by atoms with Gasteiger partial charge in [0.05, 0.1) is 0 Å². The van der Waals surface area contributed by atoms with Crippen molar-refractivity contribution in [3.63, 3.8) is 0 Å². The number of carbonyl (C=O) groups excluding carboxylic acids is 2. The van der Waals surface area contributed by atoms with E-state index in [0.29, 0.717) is 13.1 Å². The molecule has 0 unspecified atom stereocenters. The maximum absolute atomic E-state index is 13.4. The summed E-state index contributed by atoms with van der Waals surface area (Å²) in [6.07, 6.45) is 0.768. The first-order valence-corrected chi connectivity index (χ1v) is 8.98. The fourth-order valence-electron chi connectivity index (χ4n) is 3.26. The number of nitrogens with one attached hydrogen (secondary N) is 1. The van der Waals surface area contributed by atoms with Crippen molar-refractivity contribution in [1.29, 1.82) is 0 Å². The van der Waals surface area contributed by atoms with E-state index in [4.69, 9.17) is 0 Å². The molecular formula is C21H22F2N2O2. The van der Waals surface area contributed by atoms with Gasteiger partial charge in [0.1, 0.15) is 6.04 Å². The number of nitrogens with zero attached hydrogens (tertiary/aromatic N) is 1. The summed E-state index contributed by atoms with van der Waals surface area (Å²) in [6, 6.07) is 10.2. The van der Waals surface area contributed by atoms with Crippen LogP contribution in [0.2, 0.25) is 0 Å². The molecule has 0 saturated heterocycles. The molecule has 2 amide bonds. The number of fused-ring (bicyclic) bond motifs is 1. The zero-order valence-corrected chi connectivity index (χ0v) is 15.3. The van der Waals surface area contributed by atoms with E-state index in [-0.39, 0.29) is 17.4 Å². The fraction of sp³-hybridized carbons (Fsp3) is 0.333. The third-order valence-corrected chi connectivity index (χ3v) is 4.84. The van der Waals surface area contributed by atoms with E-state index in [9.17, 15) is 18.4 Å². The standard InChI is InChI=1S/C21H22F2N2O2/c1-13(2)19(24-20(26)15-7-8-17(22)18(23)11-15)21(27)25-10-9-14-5-3-4-6-16(14)12-25/h3-8,11,13,19H,9-10,12H2,1-2H3,(H,24,26)/t19-/m0/s1. The summed E-state index contributed by atoms with van der Waals surface area (Å²) in [5.74, 6) is -3.03. The summed E-state index contributed by atoms with van der Waals surface area (Å²) in [4.78, 5) is 27.2. The molecule has 1 atom stereocenters. The van der Waals surface area contributed by atoms with Gasteiger partial charge in [0, 0.05) is 18.7 Å². The Morgan fingerprint density at radius 2 is 1.74 bits per heavy atom. The summed E-state index contributed by atoms with van der Waals surface area (Å²) in [5.41, 5.74) is 2.32. The van der Waals surface area contributed by atoms with Gasteiger partial charge >= 0.3 is 0 Å². The molecule has 0 saturated carbocycles. The van der Waals surface area contributed by atoms with E-state index < -0.39 is 23.6 Å². The van der Waals surface area contributed by atoms with Crippen molar-refractivity contribution in [2.45, 2.75) is 32.9 Å². The van der Waals surface area contributed by atoms with E-state index in [1.54, 1.807) is 4.90 Å². The van der Waals surface area contributed by atoms with Crippen LogP contribution in [0.4, 0.5) is 8.78 Å². The monoisotopic (exact) mass is 372 g/mol. The van der Waals surface area contributed by atoms with Crippen LogP contribution in [0.1, 0.15) is 35.3 Å². The number of halogens is 2. The van der Waals surface area contributed by atoms with Crippen LogP contribution < -0.4 is 5.32 Å². The van der Waals surface area contributed by atoms with Crippen LogP contribution >= 0.6 is 0 Å². The van der Waals surface area contributed by atoms with E-state index in [1.807, 2.05) is 32.0 Å². The Bertz CT molecular complexity index is 867. The molecule has 2 aromatic carbocycles. The second-order valence-electron chi connectivity index (χ2n) is 7.10. The highest BCUT2D eigenvalue weighted by Gasteiger charge is 2.30. The second-order valence-corrected chi connectivity index (χ2v) is 7.10. The minimum Gasteiger partial charge on any atom is -0.340 e. The predicted molar refractivity (Wildman–Crippen MR) is 98.0 cm³/mol. The third kappa shape index (κ3) is 4.15. The van der Waals surface area contributed by atoms with Crippen LogP contribution in [0.3, 0.4) is 0 Å². The molecule has 0 bridgehead atoms. The predicted octanol–water partition coefficient (Wildman–Crippen LogP) is 3.30. The van der Waals surface area contributed by atoms with E-state index >= 15 is 0 Å². The molecule has 1 heterocycles. The van der Waals surface area contributed by atoms with Crippen LogP contribution in [0.15, 0.2) is 42.5 Å². The Balaban J connectivity index is 1.74. The maximum atomic E-state index is 13.4. The molecule has 1 N–H and O–H groups in total. The van der Waals surface area contributed by atoms with Gasteiger partial charge in [-0.3, -0.25) is 9.59 Å². The SMILES string of the molecule is CC(C)[C@H](NC(=O)c1ccc(F)c(F)c1)C(=O)N1CCc2ccccc2C1. The topological polar surface area (TPSA) is 49.4 Å². The third-order valence-electron chi connectivity index (χ3n) is 4.84. The summed E-state index contributed by atoms with van der Waals surface area (Å²) < 4.78 is 26.5. The Kier molecular flexibility index (Phi) is 5.54. The van der Waals surface area contributed by atoms with E-state index in [1.165, 1.54) is 11.6 Å². The molecule has 3 rings (SSSR count). The summed E-state index contributed by atoms with van der Waals surface area (Å²) in [5, 5.41) is 2.68. The number of rotatable bonds is 4. The van der Waals surface area contributed by atoms with Gasteiger partial charge in [-0.15, -0.1) is 0 Å². The van der Waals surface area contributed by atoms with Crippen LogP contribution in [0, 0.1) is 17.6 Å². The largest absolute Gasteiger partial charge is 0.340 e. The van der Waals surface area contributed by atoms with Gasteiger partial charge in [-0.25, -0.2) is 8.78 Å². The molecule has 1 aliphatic rings. The first-order chi connectivity index (χ1) is 12.9. The number of carbonyl (C=O) groups is 2. The van der Waals surface area contributed by atoms with Crippen molar-refractivity contribution in [1.82, 2.24) is 10.2 Å². The number of hydrogen-bond donors (Lipinski definition) is 1. The van der Waals surface area contributed by atoms with Gasteiger partial charge < -0.3 is 10.2 Å². The zero-order valence-electron chi connectivity index (χ0n) is 15.3. The van der Waals surface area contributed by atoms with Gasteiger partial charge in [0.2, 0.25) is 5.91 Å². The molecule has 0 aliphatic carbocycles. The van der Waals surface area contributed by atoms with Crippen molar-refractivity contribution in [2.75, 3.05) is 6.54 Å². The normalized spacial score (nSPS) is 14.6. The van der Waals surface area contributed by atoms with Crippen molar-refractivity contribution >= 4 is 11.8 Å². The summed E-state index contributed by atoms with van der Waals surface area (Å²) >= 11 is 0. The maximum Gasteiger partial charge on any atom is 0.252 e. The Hall–Kier alpha value is -2.76. The van der Waals surface area contributed by atoms with Crippen LogP contribution in [0.25, 0.3) is 0 Å². The van der Waals surface area contributed by atoms with Crippen LogP contribution in [-0.4, -0.2) is 29.3 Å². The number of benzene rings is 2. The first kappa shape index (κ1) is 19.0. The Morgan fingerprint density at radius 1 is 1.04 bits per heavy atom. The zero-order chi connectivity index (χ0) is 19.6. The molecule has 2 aromatic rings. The van der Waals surface area contributed by atoms with Gasteiger partial charge in [0.15, 0.2) is 11.6 Å². The van der Waals surface area contributed by atoms with Crippen LogP contribution in [0.5, 0.6) is 0 Å².